The van der Waals surface area contributed by atoms with Crippen molar-refractivity contribution in [1.29, 1.82) is 0 Å². The zero-order valence-electron chi connectivity index (χ0n) is 18.3. The lowest BCUT2D eigenvalue weighted by molar-refractivity contribution is -0.113. The number of hydrogen-bond donors (Lipinski definition) is 1. The monoisotopic (exact) mass is 447 g/mol. The Kier molecular flexibility index (Phi) is 6.55. The van der Waals surface area contributed by atoms with Gasteiger partial charge in [0.05, 0.1) is 18.5 Å². The van der Waals surface area contributed by atoms with Crippen molar-refractivity contribution in [2.75, 3.05) is 30.1 Å². The third-order valence-corrected chi connectivity index (χ3v) is 5.87. The highest BCUT2D eigenvalue weighted by Crippen LogP contribution is 2.20. The summed E-state index contributed by atoms with van der Waals surface area (Å²) in [4.78, 5) is 14.6. The molecule has 1 N–H and O–H groups in total. The lowest BCUT2D eigenvalue weighted by Gasteiger charge is -2.13. The molecular formula is C23H25N7OS. The summed E-state index contributed by atoms with van der Waals surface area (Å²) in [7, 11) is 4.02. The molecule has 0 saturated carbocycles. The summed E-state index contributed by atoms with van der Waals surface area (Å²) in [5, 5.41) is 16.1. The fourth-order valence-electron chi connectivity index (χ4n) is 3.15. The average molecular weight is 448 g/mol. The number of nitrogens with zero attached hydrogens (tertiary/aromatic N) is 6. The minimum Gasteiger partial charge on any atom is -0.378 e. The molecule has 9 heteroatoms. The summed E-state index contributed by atoms with van der Waals surface area (Å²) in [5.41, 5.74) is 4.39. The summed E-state index contributed by atoms with van der Waals surface area (Å²) in [6.07, 6.45) is 3.34. The van der Waals surface area contributed by atoms with Gasteiger partial charge in [-0.05, 0) is 36.8 Å². The van der Waals surface area contributed by atoms with E-state index in [0.29, 0.717) is 17.5 Å². The molecule has 2 aromatic heterocycles. The van der Waals surface area contributed by atoms with Crippen LogP contribution in [0, 0.1) is 6.92 Å². The maximum Gasteiger partial charge on any atom is 0.235 e. The number of benzene rings is 2. The molecule has 0 bridgehead atoms. The largest absolute Gasteiger partial charge is 0.378 e. The molecule has 1 amide bonds. The van der Waals surface area contributed by atoms with Gasteiger partial charge in [0, 0.05) is 31.5 Å². The van der Waals surface area contributed by atoms with E-state index in [4.69, 9.17) is 0 Å². The van der Waals surface area contributed by atoms with E-state index in [1.54, 1.807) is 23.3 Å². The van der Waals surface area contributed by atoms with Crippen LogP contribution in [0.4, 0.5) is 11.5 Å². The van der Waals surface area contributed by atoms with Crippen LogP contribution in [0.3, 0.4) is 0 Å². The first-order valence-electron chi connectivity index (χ1n) is 10.2. The van der Waals surface area contributed by atoms with E-state index >= 15 is 0 Å². The molecule has 0 fully saturated rings. The molecule has 0 radical (unpaired) electrons. The van der Waals surface area contributed by atoms with E-state index in [2.05, 4.69) is 49.8 Å². The van der Waals surface area contributed by atoms with Gasteiger partial charge in [-0.2, -0.15) is 5.10 Å². The Labute approximate surface area is 191 Å². The van der Waals surface area contributed by atoms with Crippen LogP contribution >= 0.6 is 11.8 Å². The van der Waals surface area contributed by atoms with Gasteiger partial charge >= 0.3 is 0 Å². The van der Waals surface area contributed by atoms with Crippen LogP contribution in [0.2, 0.25) is 0 Å². The first-order valence-corrected chi connectivity index (χ1v) is 11.2. The van der Waals surface area contributed by atoms with Crippen molar-refractivity contribution < 1.29 is 4.79 Å². The molecule has 164 valence electrons. The summed E-state index contributed by atoms with van der Waals surface area (Å²) < 4.78 is 3.65. The van der Waals surface area contributed by atoms with Crippen LogP contribution in [0.25, 0.3) is 5.69 Å². The topological polar surface area (TPSA) is 80.9 Å². The van der Waals surface area contributed by atoms with Gasteiger partial charge in [0.15, 0.2) is 5.16 Å². The summed E-state index contributed by atoms with van der Waals surface area (Å²) in [6, 6.07) is 18.1. The second-order valence-electron chi connectivity index (χ2n) is 7.59. The predicted molar refractivity (Wildman–Crippen MR) is 128 cm³/mol. The fourth-order valence-corrected chi connectivity index (χ4v) is 3.88. The molecule has 0 aliphatic rings. The molecule has 2 heterocycles. The molecule has 0 aliphatic heterocycles. The Bertz CT molecular complexity index is 1180. The predicted octanol–water partition coefficient (Wildman–Crippen LogP) is 3.62. The summed E-state index contributed by atoms with van der Waals surface area (Å²) in [6.45, 7) is 2.62. The van der Waals surface area contributed by atoms with E-state index in [9.17, 15) is 4.79 Å². The number of amides is 1. The molecule has 4 aromatic rings. The molecule has 0 atom stereocenters. The van der Waals surface area contributed by atoms with Gasteiger partial charge in [0.1, 0.15) is 12.1 Å². The maximum atomic E-state index is 12.6. The molecule has 4 rings (SSSR count). The number of rotatable bonds is 8. The quantitative estimate of drug-likeness (QED) is 0.416. The van der Waals surface area contributed by atoms with Crippen molar-refractivity contribution in [3.05, 3.63) is 78.2 Å². The number of aryl methyl sites for hydroxylation is 1. The maximum absolute atomic E-state index is 12.6. The zero-order chi connectivity index (χ0) is 22.5. The van der Waals surface area contributed by atoms with Gasteiger partial charge in [-0.3, -0.25) is 9.36 Å². The smallest absolute Gasteiger partial charge is 0.235 e. The minimum absolute atomic E-state index is 0.127. The van der Waals surface area contributed by atoms with Crippen molar-refractivity contribution in [3.63, 3.8) is 0 Å². The second kappa shape index (κ2) is 9.69. The Morgan fingerprint density at radius 1 is 1.06 bits per heavy atom. The zero-order valence-corrected chi connectivity index (χ0v) is 19.1. The molecule has 8 nitrogen and oxygen atoms in total. The highest BCUT2D eigenvalue weighted by Gasteiger charge is 2.12. The molecule has 0 saturated heterocycles. The first kappa shape index (κ1) is 21.6. The van der Waals surface area contributed by atoms with E-state index in [1.807, 2.05) is 49.9 Å². The number of thioether (sulfide) groups is 1. The standard InChI is InChI=1S/C23H25N7OS/c1-17-4-8-20(9-5-17)29-16-24-27-23(29)32-15-22(31)26-21-12-13-25-30(21)14-18-6-10-19(11-7-18)28(2)3/h4-13,16H,14-15H2,1-3H3,(H,26,31). The van der Waals surface area contributed by atoms with Gasteiger partial charge in [-0.15, -0.1) is 10.2 Å². The Hall–Kier alpha value is -3.59. The molecule has 32 heavy (non-hydrogen) atoms. The molecule has 0 unspecified atom stereocenters. The number of anilines is 2. The van der Waals surface area contributed by atoms with Crippen molar-refractivity contribution in [2.45, 2.75) is 18.6 Å². The van der Waals surface area contributed by atoms with Crippen LogP contribution in [-0.2, 0) is 11.3 Å². The Morgan fingerprint density at radius 2 is 1.81 bits per heavy atom. The third kappa shape index (κ3) is 5.17. The van der Waals surface area contributed by atoms with E-state index in [0.717, 1.165) is 16.9 Å². The van der Waals surface area contributed by atoms with Gasteiger partial charge in [-0.25, -0.2) is 4.68 Å². The fraction of sp³-hybridized carbons (Fsp3) is 0.217. The van der Waals surface area contributed by atoms with Crippen LogP contribution < -0.4 is 10.2 Å². The van der Waals surface area contributed by atoms with Crippen LogP contribution in [0.5, 0.6) is 0 Å². The van der Waals surface area contributed by atoms with Crippen molar-refractivity contribution in [2.24, 2.45) is 0 Å². The average Bonchev–Trinajstić information content (AvgIpc) is 3.43. The second-order valence-corrected chi connectivity index (χ2v) is 8.53. The van der Waals surface area contributed by atoms with E-state index in [-0.39, 0.29) is 11.7 Å². The summed E-state index contributed by atoms with van der Waals surface area (Å²) in [5.74, 6) is 0.748. The van der Waals surface area contributed by atoms with Gasteiger partial charge < -0.3 is 10.2 Å². The number of aromatic nitrogens is 5. The highest BCUT2D eigenvalue weighted by atomic mass is 32.2. The van der Waals surface area contributed by atoms with Crippen molar-refractivity contribution in [3.8, 4) is 5.69 Å². The first-order chi connectivity index (χ1) is 15.5. The SMILES string of the molecule is Cc1ccc(-n2cnnc2SCC(=O)Nc2ccnn2Cc2ccc(N(C)C)cc2)cc1. The molecule has 0 aliphatic carbocycles. The highest BCUT2D eigenvalue weighted by molar-refractivity contribution is 7.99. The van der Waals surface area contributed by atoms with Crippen molar-refractivity contribution in [1.82, 2.24) is 24.5 Å². The van der Waals surface area contributed by atoms with Gasteiger partial charge in [0.25, 0.3) is 0 Å². The number of nitrogens with one attached hydrogen (secondary N) is 1. The molecular weight excluding hydrogens is 422 g/mol. The molecule has 2 aromatic carbocycles. The number of hydrogen-bond acceptors (Lipinski definition) is 6. The summed E-state index contributed by atoms with van der Waals surface area (Å²) >= 11 is 1.34. The Morgan fingerprint density at radius 3 is 2.53 bits per heavy atom. The van der Waals surface area contributed by atoms with Crippen LogP contribution in [0.15, 0.2) is 72.3 Å². The van der Waals surface area contributed by atoms with E-state index < -0.39 is 0 Å². The number of carbonyl (C=O) groups is 1. The lowest BCUT2D eigenvalue weighted by Crippen LogP contribution is -2.18. The van der Waals surface area contributed by atoms with Gasteiger partial charge in [-0.1, -0.05) is 41.6 Å². The minimum atomic E-state index is -0.127. The van der Waals surface area contributed by atoms with E-state index in [1.165, 1.54) is 17.3 Å². The van der Waals surface area contributed by atoms with Crippen LogP contribution in [-0.4, -0.2) is 50.3 Å². The Balaban J connectivity index is 1.36. The van der Waals surface area contributed by atoms with Crippen LogP contribution in [0.1, 0.15) is 11.1 Å². The van der Waals surface area contributed by atoms with Gasteiger partial charge in [0.2, 0.25) is 5.91 Å². The van der Waals surface area contributed by atoms with Crippen molar-refractivity contribution >= 4 is 29.2 Å². The lowest BCUT2D eigenvalue weighted by atomic mass is 10.2. The third-order valence-electron chi connectivity index (χ3n) is 4.93. The molecule has 0 spiro atoms. The normalized spacial score (nSPS) is 10.8. The number of carbonyl (C=O) groups excluding carboxylic acids is 1.